The van der Waals surface area contributed by atoms with Crippen molar-refractivity contribution in [1.29, 1.82) is 0 Å². The molecule has 1 N–H and O–H groups in total. The lowest BCUT2D eigenvalue weighted by atomic mass is 9.84. The average molecular weight is 417 g/mol. The quantitative estimate of drug-likeness (QED) is 0.217. The summed E-state index contributed by atoms with van der Waals surface area (Å²) < 4.78 is 0. The van der Waals surface area contributed by atoms with Crippen LogP contribution >= 0.6 is 0 Å². The van der Waals surface area contributed by atoms with E-state index < -0.39 is 5.60 Å². The Bertz CT molecular complexity index is 594. The van der Waals surface area contributed by atoms with Crippen LogP contribution in [0.25, 0.3) is 0 Å². The molecule has 0 fully saturated rings. The number of rotatable bonds is 15. The van der Waals surface area contributed by atoms with Gasteiger partial charge < -0.3 is 9.90 Å². The number of aliphatic hydroxyl groups is 1. The number of carbonyl (C=O) groups excluding carboxylic acids is 1. The van der Waals surface area contributed by atoms with Crippen LogP contribution in [0, 0.1) is 17.8 Å². The van der Waals surface area contributed by atoms with Gasteiger partial charge in [-0.15, -0.1) is 0 Å². The van der Waals surface area contributed by atoms with Crippen LogP contribution in [0.1, 0.15) is 112 Å². The van der Waals surface area contributed by atoms with Gasteiger partial charge in [-0.3, -0.25) is 0 Å². The third kappa shape index (κ3) is 11.9. The lowest BCUT2D eigenvalue weighted by Crippen LogP contribution is -2.24. The average Bonchev–Trinajstić information content (AvgIpc) is 2.68. The largest absolute Gasteiger partial charge is 0.390 e. The highest BCUT2D eigenvalue weighted by Crippen LogP contribution is 2.30. The van der Waals surface area contributed by atoms with Gasteiger partial charge in [0.2, 0.25) is 0 Å². The second kappa shape index (κ2) is 14.0. The summed E-state index contributed by atoms with van der Waals surface area (Å²) in [6, 6.07) is 0. The highest BCUT2D eigenvalue weighted by atomic mass is 16.3. The molecule has 2 nitrogen and oxygen atoms in total. The molecule has 172 valence electrons. The van der Waals surface area contributed by atoms with E-state index in [9.17, 15) is 9.90 Å². The van der Waals surface area contributed by atoms with Crippen LogP contribution < -0.4 is 0 Å². The zero-order valence-corrected chi connectivity index (χ0v) is 20.7. The molecule has 1 rings (SSSR count). The Hall–Kier alpha value is -1.15. The Morgan fingerprint density at radius 1 is 1.20 bits per heavy atom. The van der Waals surface area contributed by atoms with Crippen LogP contribution in [-0.4, -0.2) is 17.0 Å². The fourth-order valence-electron chi connectivity index (χ4n) is 4.24. The van der Waals surface area contributed by atoms with Gasteiger partial charge >= 0.3 is 0 Å². The van der Waals surface area contributed by atoms with Crippen LogP contribution in [0.2, 0.25) is 0 Å². The summed E-state index contributed by atoms with van der Waals surface area (Å²) in [6.07, 6.45) is 19.8. The van der Waals surface area contributed by atoms with Gasteiger partial charge in [-0.25, -0.2) is 0 Å². The van der Waals surface area contributed by atoms with Crippen molar-refractivity contribution in [2.24, 2.45) is 17.8 Å². The third-order valence-electron chi connectivity index (χ3n) is 6.94. The van der Waals surface area contributed by atoms with E-state index in [1.54, 1.807) is 0 Å². The smallest absolute Gasteiger partial charge is 0.122 e. The lowest BCUT2D eigenvalue weighted by Gasteiger charge is -2.26. The standard InChI is InChI=1S/C28H48O2/c1-22(12-8-13-24(3)21-29)10-7-11-23(2)14-9-18-28(6,30)19-17-27-16-15-25(4)26(5)20-27/h10,15-16,21,23-24,26,30H,7-9,11-14,17-20H2,1-6H3/b22-10+. The molecule has 4 atom stereocenters. The van der Waals surface area contributed by atoms with Crippen molar-refractivity contribution in [2.75, 3.05) is 0 Å². The van der Waals surface area contributed by atoms with Gasteiger partial charge in [0.1, 0.15) is 6.29 Å². The molecule has 0 saturated carbocycles. The molecule has 0 amide bonds. The molecule has 0 aromatic rings. The van der Waals surface area contributed by atoms with Crippen LogP contribution in [0.4, 0.5) is 0 Å². The zero-order valence-electron chi connectivity index (χ0n) is 20.7. The monoisotopic (exact) mass is 416 g/mol. The molecule has 1 aliphatic rings. The number of carbonyl (C=O) groups is 1. The highest BCUT2D eigenvalue weighted by Gasteiger charge is 2.21. The molecule has 2 heteroatoms. The predicted octanol–water partition coefficient (Wildman–Crippen LogP) is 7.97. The SMILES string of the molecule is CC1=CC=C(CCC(C)(O)CCCC(C)CC/C=C(\C)CCCC(C)C=O)CC1C. The van der Waals surface area contributed by atoms with Crippen LogP contribution in [0.15, 0.2) is 34.9 Å². The van der Waals surface area contributed by atoms with Gasteiger partial charge in [0.25, 0.3) is 0 Å². The predicted molar refractivity (Wildman–Crippen MR) is 131 cm³/mol. The fraction of sp³-hybridized carbons (Fsp3) is 0.750. The van der Waals surface area contributed by atoms with Gasteiger partial charge in [0, 0.05) is 5.92 Å². The van der Waals surface area contributed by atoms with Crippen molar-refractivity contribution in [1.82, 2.24) is 0 Å². The zero-order chi connectivity index (χ0) is 22.6. The van der Waals surface area contributed by atoms with E-state index >= 15 is 0 Å². The Morgan fingerprint density at radius 3 is 2.60 bits per heavy atom. The van der Waals surface area contributed by atoms with Crippen LogP contribution in [0.3, 0.4) is 0 Å². The van der Waals surface area contributed by atoms with E-state index in [-0.39, 0.29) is 5.92 Å². The molecule has 0 heterocycles. The summed E-state index contributed by atoms with van der Waals surface area (Å²) in [5.41, 5.74) is 3.87. The van der Waals surface area contributed by atoms with E-state index in [4.69, 9.17) is 0 Å². The summed E-state index contributed by atoms with van der Waals surface area (Å²) in [6.45, 7) is 13.1. The van der Waals surface area contributed by atoms with Crippen LogP contribution in [0.5, 0.6) is 0 Å². The molecule has 0 spiro atoms. The first kappa shape index (κ1) is 26.9. The van der Waals surface area contributed by atoms with Gasteiger partial charge in [-0.2, -0.15) is 0 Å². The van der Waals surface area contributed by atoms with E-state index in [1.165, 1.54) is 29.6 Å². The van der Waals surface area contributed by atoms with Crippen molar-refractivity contribution in [3.05, 3.63) is 34.9 Å². The molecule has 0 aromatic carbocycles. The minimum absolute atomic E-state index is 0.194. The third-order valence-corrected chi connectivity index (χ3v) is 6.94. The Morgan fingerprint density at radius 2 is 1.93 bits per heavy atom. The number of hydrogen-bond acceptors (Lipinski definition) is 2. The molecule has 1 aliphatic carbocycles. The molecule has 0 bridgehead atoms. The van der Waals surface area contributed by atoms with Gasteiger partial charge in [-0.05, 0) is 90.4 Å². The normalized spacial score (nSPS) is 21.4. The number of aldehydes is 1. The summed E-state index contributed by atoms with van der Waals surface area (Å²) in [5.74, 6) is 1.54. The molecule has 0 saturated heterocycles. The van der Waals surface area contributed by atoms with Crippen molar-refractivity contribution in [3.63, 3.8) is 0 Å². The summed E-state index contributed by atoms with van der Waals surface area (Å²) >= 11 is 0. The maximum absolute atomic E-state index is 10.8. The molecular weight excluding hydrogens is 368 g/mol. The summed E-state index contributed by atoms with van der Waals surface area (Å²) in [5, 5.41) is 10.8. The molecular formula is C28H48O2. The van der Waals surface area contributed by atoms with Gasteiger partial charge in [0.05, 0.1) is 5.60 Å². The molecule has 0 radical (unpaired) electrons. The maximum Gasteiger partial charge on any atom is 0.122 e. The highest BCUT2D eigenvalue weighted by molar-refractivity contribution is 5.52. The molecule has 0 aliphatic heterocycles. The van der Waals surface area contributed by atoms with Crippen molar-refractivity contribution in [2.45, 2.75) is 118 Å². The van der Waals surface area contributed by atoms with E-state index in [0.717, 1.165) is 64.1 Å². The van der Waals surface area contributed by atoms with E-state index in [2.05, 4.69) is 45.9 Å². The maximum atomic E-state index is 10.8. The van der Waals surface area contributed by atoms with Crippen molar-refractivity contribution >= 4 is 6.29 Å². The number of allylic oxidation sites excluding steroid dienone is 6. The minimum Gasteiger partial charge on any atom is -0.390 e. The van der Waals surface area contributed by atoms with Gasteiger partial charge in [-0.1, -0.05) is 68.6 Å². The second-order valence-corrected chi connectivity index (χ2v) is 10.5. The Kier molecular flexibility index (Phi) is 12.6. The Balaban J connectivity index is 2.19. The van der Waals surface area contributed by atoms with E-state index in [1.807, 2.05) is 13.8 Å². The lowest BCUT2D eigenvalue weighted by molar-refractivity contribution is -0.110. The van der Waals surface area contributed by atoms with Crippen LogP contribution in [-0.2, 0) is 4.79 Å². The minimum atomic E-state index is -0.546. The first-order valence-electron chi connectivity index (χ1n) is 12.3. The second-order valence-electron chi connectivity index (χ2n) is 10.5. The molecule has 4 unspecified atom stereocenters. The van der Waals surface area contributed by atoms with E-state index in [0.29, 0.717) is 11.8 Å². The summed E-state index contributed by atoms with van der Waals surface area (Å²) in [7, 11) is 0. The van der Waals surface area contributed by atoms with Gasteiger partial charge in [0.15, 0.2) is 0 Å². The fourth-order valence-corrected chi connectivity index (χ4v) is 4.24. The summed E-state index contributed by atoms with van der Waals surface area (Å²) in [4.78, 5) is 10.7. The number of hydrogen-bond donors (Lipinski definition) is 1. The van der Waals surface area contributed by atoms with Crippen molar-refractivity contribution < 1.29 is 9.90 Å². The molecule has 0 aromatic heterocycles. The Labute approximate surface area is 186 Å². The first-order chi connectivity index (χ1) is 14.1. The first-order valence-corrected chi connectivity index (χ1v) is 12.3. The molecule has 30 heavy (non-hydrogen) atoms. The van der Waals surface area contributed by atoms with Crippen molar-refractivity contribution in [3.8, 4) is 0 Å². The topological polar surface area (TPSA) is 37.3 Å².